The molecule has 0 aromatic carbocycles. The average Bonchev–Trinajstić information content (AvgIpc) is 2.14. The van der Waals surface area contributed by atoms with Crippen LogP contribution in [-0.4, -0.2) is 42.8 Å². The van der Waals surface area contributed by atoms with Crippen LogP contribution in [-0.2, 0) is 4.74 Å². The van der Waals surface area contributed by atoms with Gasteiger partial charge in [-0.1, -0.05) is 6.92 Å². The van der Waals surface area contributed by atoms with Crippen molar-refractivity contribution in [1.29, 1.82) is 0 Å². The van der Waals surface area contributed by atoms with Crippen molar-refractivity contribution in [3.8, 4) is 0 Å². The van der Waals surface area contributed by atoms with Crippen LogP contribution in [0.5, 0.6) is 0 Å². The third-order valence-corrected chi connectivity index (χ3v) is 2.78. The number of carbonyl (C=O) groups excluding carboxylic acids is 1. The largest absolute Gasteiger partial charge is 0.444 e. The molecule has 0 radical (unpaired) electrons. The van der Waals surface area contributed by atoms with Gasteiger partial charge in [-0.05, 0) is 27.0 Å². The second kappa shape index (κ2) is 7.79. The predicted octanol–water partition coefficient (Wildman–Crippen LogP) is 1.85. The molecule has 1 amide bonds. The molecule has 5 heteroatoms. The summed E-state index contributed by atoms with van der Waals surface area (Å²) in [6, 6.07) is 0. The van der Waals surface area contributed by atoms with Crippen molar-refractivity contribution in [2.75, 3.05) is 25.9 Å². The number of ether oxygens (including phenoxy) is 1. The molecule has 1 atom stereocenters. The Morgan fingerprint density at radius 3 is 2.50 bits per heavy atom. The molecule has 2 N–H and O–H groups in total. The minimum atomic E-state index is -0.426. The Kier molecular flexibility index (Phi) is 7.58. The van der Waals surface area contributed by atoms with Gasteiger partial charge in [0.25, 0.3) is 0 Å². The number of hydrogen-bond acceptors (Lipinski definition) is 4. The first-order valence-corrected chi connectivity index (χ1v) is 6.84. The second-order valence-electron chi connectivity index (χ2n) is 4.68. The van der Waals surface area contributed by atoms with Gasteiger partial charge in [-0.25, -0.2) is 4.79 Å². The Bertz CT molecular complexity index is 205. The fourth-order valence-corrected chi connectivity index (χ4v) is 1.24. The highest BCUT2D eigenvalue weighted by Crippen LogP contribution is 2.06. The van der Waals surface area contributed by atoms with Crippen molar-refractivity contribution in [2.45, 2.75) is 38.5 Å². The molecule has 16 heavy (non-hydrogen) atoms. The first kappa shape index (κ1) is 15.6. The van der Waals surface area contributed by atoms with Crippen LogP contribution in [0.25, 0.3) is 0 Å². The molecule has 0 rings (SSSR count). The highest BCUT2D eigenvalue weighted by Gasteiger charge is 2.15. The summed E-state index contributed by atoms with van der Waals surface area (Å²) < 4.78 is 5.10. The van der Waals surface area contributed by atoms with Crippen LogP contribution in [0.1, 0.15) is 27.7 Å². The summed E-state index contributed by atoms with van der Waals surface area (Å²) >= 11 is 1.82. The Morgan fingerprint density at radius 1 is 1.38 bits per heavy atom. The van der Waals surface area contributed by atoms with Crippen molar-refractivity contribution in [3.63, 3.8) is 0 Å². The van der Waals surface area contributed by atoms with E-state index in [4.69, 9.17) is 4.74 Å². The number of thioether (sulfide) groups is 1. The number of amides is 1. The van der Waals surface area contributed by atoms with Crippen molar-refractivity contribution >= 4 is 17.9 Å². The third-order valence-electron chi connectivity index (χ3n) is 1.80. The van der Waals surface area contributed by atoms with Crippen LogP contribution < -0.4 is 10.6 Å². The lowest BCUT2D eigenvalue weighted by Gasteiger charge is -2.19. The van der Waals surface area contributed by atoms with Gasteiger partial charge in [0.1, 0.15) is 5.60 Å². The molecular weight excluding hydrogens is 224 g/mol. The molecule has 0 aliphatic rings. The summed E-state index contributed by atoms with van der Waals surface area (Å²) in [5.41, 5.74) is -0.426. The molecule has 0 heterocycles. The fourth-order valence-electron chi connectivity index (χ4n) is 0.956. The minimum absolute atomic E-state index is 0.354. The molecule has 1 unspecified atom stereocenters. The molecule has 0 aliphatic carbocycles. The predicted molar refractivity (Wildman–Crippen MR) is 70.1 cm³/mol. The molecule has 0 saturated carbocycles. The zero-order chi connectivity index (χ0) is 12.6. The van der Waals surface area contributed by atoms with Gasteiger partial charge in [-0.15, -0.1) is 0 Å². The van der Waals surface area contributed by atoms with Crippen LogP contribution in [0.15, 0.2) is 0 Å². The van der Waals surface area contributed by atoms with Crippen molar-refractivity contribution < 1.29 is 9.53 Å². The number of carbonyl (C=O) groups is 1. The summed E-state index contributed by atoms with van der Waals surface area (Å²) in [7, 11) is 0. The second-order valence-corrected chi connectivity index (χ2v) is 5.96. The lowest BCUT2D eigenvalue weighted by molar-refractivity contribution is 0.0528. The fraction of sp³-hybridized carbons (Fsp3) is 0.909. The van der Waals surface area contributed by atoms with Crippen LogP contribution >= 0.6 is 11.8 Å². The molecule has 0 bridgehead atoms. The first-order chi connectivity index (χ1) is 7.35. The van der Waals surface area contributed by atoms with Gasteiger partial charge in [0.05, 0.1) is 0 Å². The Morgan fingerprint density at radius 2 is 2.00 bits per heavy atom. The maximum Gasteiger partial charge on any atom is 0.407 e. The van der Waals surface area contributed by atoms with E-state index in [1.54, 1.807) is 0 Å². The molecule has 0 aromatic rings. The summed E-state index contributed by atoms with van der Waals surface area (Å²) in [6.07, 6.45) is 1.73. The normalized spacial score (nSPS) is 13.3. The highest BCUT2D eigenvalue weighted by molar-refractivity contribution is 7.99. The molecule has 0 aliphatic heterocycles. The Labute approximate surface area is 103 Å². The maximum absolute atomic E-state index is 11.2. The van der Waals surface area contributed by atoms with E-state index in [0.717, 1.165) is 13.1 Å². The van der Waals surface area contributed by atoms with E-state index < -0.39 is 5.60 Å². The molecule has 96 valence electrons. The van der Waals surface area contributed by atoms with Gasteiger partial charge in [0.15, 0.2) is 0 Å². The molecule has 0 fully saturated rings. The van der Waals surface area contributed by atoms with E-state index in [-0.39, 0.29) is 6.09 Å². The summed E-state index contributed by atoms with van der Waals surface area (Å²) in [6.45, 7) is 10.0. The summed E-state index contributed by atoms with van der Waals surface area (Å²) in [5, 5.41) is 6.56. The van der Waals surface area contributed by atoms with E-state index in [1.165, 1.54) is 0 Å². The maximum atomic E-state index is 11.2. The van der Waals surface area contributed by atoms with Crippen molar-refractivity contribution in [2.24, 2.45) is 0 Å². The Balaban J connectivity index is 3.42. The van der Waals surface area contributed by atoms with E-state index in [2.05, 4.69) is 23.8 Å². The zero-order valence-corrected chi connectivity index (χ0v) is 11.7. The number of rotatable bonds is 6. The topological polar surface area (TPSA) is 50.4 Å². The van der Waals surface area contributed by atoms with Crippen LogP contribution in [0.2, 0.25) is 0 Å². The lowest BCUT2D eigenvalue weighted by atomic mass is 10.2. The van der Waals surface area contributed by atoms with E-state index in [1.807, 2.05) is 32.5 Å². The Hall–Kier alpha value is -0.420. The van der Waals surface area contributed by atoms with E-state index in [0.29, 0.717) is 11.8 Å². The number of hydrogen-bond donors (Lipinski definition) is 2. The van der Waals surface area contributed by atoms with Crippen molar-refractivity contribution in [3.05, 3.63) is 0 Å². The average molecular weight is 248 g/mol. The summed E-state index contributed by atoms with van der Waals surface area (Å²) in [4.78, 5) is 11.2. The standard InChI is InChI=1S/C11H24N2O2S/c1-9(16-5)8-12-6-7-13-10(14)15-11(2,3)4/h9,12H,6-8H2,1-5H3,(H,13,14). The number of nitrogens with one attached hydrogen (secondary N) is 2. The van der Waals surface area contributed by atoms with Gasteiger partial charge in [0, 0.05) is 24.9 Å². The van der Waals surface area contributed by atoms with Crippen LogP contribution in [0, 0.1) is 0 Å². The number of alkyl carbamates (subject to hydrolysis) is 1. The first-order valence-electron chi connectivity index (χ1n) is 5.55. The SMILES string of the molecule is CSC(C)CNCCNC(=O)OC(C)(C)C. The minimum Gasteiger partial charge on any atom is -0.444 e. The van der Waals surface area contributed by atoms with Crippen LogP contribution in [0.3, 0.4) is 0 Å². The highest BCUT2D eigenvalue weighted by atomic mass is 32.2. The molecule has 4 nitrogen and oxygen atoms in total. The zero-order valence-electron chi connectivity index (χ0n) is 10.9. The third kappa shape index (κ3) is 10.1. The summed E-state index contributed by atoms with van der Waals surface area (Å²) in [5.74, 6) is 0. The van der Waals surface area contributed by atoms with Gasteiger partial charge in [0.2, 0.25) is 0 Å². The van der Waals surface area contributed by atoms with E-state index >= 15 is 0 Å². The molecule has 0 saturated heterocycles. The van der Waals surface area contributed by atoms with Gasteiger partial charge in [-0.2, -0.15) is 11.8 Å². The molecule has 0 spiro atoms. The molecule has 0 aromatic heterocycles. The van der Waals surface area contributed by atoms with Gasteiger partial charge < -0.3 is 15.4 Å². The smallest absolute Gasteiger partial charge is 0.407 e. The monoisotopic (exact) mass is 248 g/mol. The van der Waals surface area contributed by atoms with E-state index in [9.17, 15) is 4.79 Å². The molecular formula is C11H24N2O2S. The quantitative estimate of drug-likeness (QED) is 0.704. The van der Waals surface area contributed by atoms with Gasteiger partial charge >= 0.3 is 6.09 Å². The lowest BCUT2D eigenvalue weighted by Crippen LogP contribution is -2.37. The van der Waals surface area contributed by atoms with Gasteiger partial charge in [-0.3, -0.25) is 0 Å². The van der Waals surface area contributed by atoms with Crippen LogP contribution in [0.4, 0.5) is 4.79 Å². The van der Waals surface area contributed by atoms with Crippen molar-refractivity contribution in [1.82, 2.24) is 10.6 Å².